The predicted molar refractivity (Wildman–Crippen MR) is 88.8 cm³/mol. The maximum absolute atomic E-state index is 5.20. The normalized spacial score (nSPS) is 21.9. The van der Waals surface area contributed by atoms with Gasteiger partial charge in [-0.2, -0.15) is 0 Å². The second-order valence-electron chi connectivity index (χ2n) is 6.23. The van der Waals surface area contributed by atoms with E-state index in [9.17, 15) is 0 Å². The van der Waals surface area contributed by atoms with E-state index in [1.165, 1.54) is 37.8 Å². The van der Waals surface area contributed by atoms with Gasteiger partial charge in [0.2, 0.25) is 0 Å². The first kappa shape index (κ1) is 16.3. The van der Waals surface area contributed by atoms with Gasteiger partial charge in [0.25, 0.3) is 0 Å². The highest BCUT2D eigenvalue weighted by Crippen LogP contribution is 2.28. The van der Waals surface area contributed by atoms with Gasteiger partial charge in [-0.1, -0.05) is 25.5 Å². The third kappa shape index (κ3) is 5.01. The summed E-state index contributed by atoms with van der Waals surface area (Å²) in [6.07, 6.45) is 5.46. The first-order chi connectivity index (χ1) is 10.2. The van der Waals surface area contributed by atoms with Gasteiger partial charge in [-0.3, -0.25) is 0 Å². The Morgan fingerprint density at radius 3 is 2.67 bits per heavy atom. The smallest absolute Gasteiger partial charge is 0.118 e. The summed E-state index contributed by atoms with van der Waals surface area (Å²) in [6.45, 7) is 5.51. The molecule has 2 rings (SSSR count). The summed E-state index contributed by atoms with van der Waals surface area (Å²) in [5.74, 6) is 1.80. The van der Waals surface area contributed by atoms with Gasteiger partial charge in [0.05, 0.1) is 7.11 Å². The Bertz CT molecular complexity index is 404. The summed E-state index contributed by atoms with van der Waals surface area (Å²) in [5.41, 5.74) is 1.35. The average molecular weight is 290 g/mol. The maximum atomic E-state index is 5.20. The monoisotopic (exact) mass is 290 g/mol. The molecule has 1 fully saturated rings. The average Bonchev–Trinajstić information content (AvgIpc) is 2.94. The Hall–Kier alpha value is -1.06. The number of nitrogens with one attached hydrogen (secondary N) is 1. The number of hydrogen-bond donors (Lipinski definition) is 1. The number of methoxy groups -OCH3 is 1. The lowest BCUT2D eigenvalue weighted by molar-refractivity contribution is 0.276. The zero-order valence-electron chi connectivity index (χ0n) is 13.8. The third-order valence-electron chi connectivity index (χ3n) is 4.62. The number of benzene rings is 1. The molecular weight excluding hydrogens is 260 g/mol. The van der Waals surface area contributed by atoms with Gasteiger partial charge in [-0.15, -0.1) is 0 Å². The summed E-state index contributed by atoms with van der Waals surface area (Å²) in [5, 5.41) is 3.65. The van der Waals surface area contributed by atoms with Crippen LogP contribution in [0.4, 0.5) is 0 Å². The Balaban J connectivity index is 1.74. The molecule has 0 aromatic heterocycles. The van der Waals surface area contributed by atoms with Crippen LogP contribution in [-0.2, 0) is 6.54 Å². The van der Waals surface area contributed by atoms with Gasteiger partial charge in [0, 0.05) is 12.6 Å². The minimum absolute atomic E-state index is 0.754. The molecule has 0 aliphatic heterocycles. The van der Waals surface area contributed by atoms with Crippen molar-refractivity contribution in [3.63, 3.8) is 0 Å². The summed E-state index contributed by atoms with van der Waals surface area (Å²) >= 11 is 0. The zero-order chi connectivity index (χ0) is 15.1. The summed E-state index contributed by atoms with van der Waals surface area (Å²) < 4.78 is 5.20. The molecule has 1 aliphatic rings. The molecule has 2 unspecified atom stereocenters. The van der Waals surface area contributed by atoms with Crippen LogP contribution in [0.5, 0.6) is 5.75 Å². The third-order valence-corrected chi connectivity index (χ3v) is 4.62. The zero-order valence-corrected chi connectivity index (χ0v) is 13.8. The minimum atomic E-state index is 0.754. The van der Waals surface area contributed by atoms with E-state index in [0.29, 0.717) is 0 Å². The number of nitrogens with zero attached hydrogens (tertiary/aromatic N) is 1. The lowest BCUT2D eigenvalue weighted by Gasteiger charge is -2.23. The fraction of sp³-hybridized carbons (Fsp3) is 0.667. The lowest BCUT2D eigenvalue weighted by atomic mass is 9.99. The molecular formula is C18H30N2O. The molecule has 0 amide bonds. The van der Waals surface area contributed by atoms with Crippen molar-refractivity contribution < 1.29 is 4.74 Å². The topological polar surface area (TPSA) is 24.5 Å². The molecule has 1 saturated carbocycles. The lowest BCUT2D eigenvalue weighted by Crippen LogP contribution is -2.34. The Morgan fingerprint density at radius 1 is 1.24 bits per heavy atom. The minimum Gasteiger partial charge on any atom is -0.497 e. The molecule has 0 bridgehead atoms. The highest BCUT2D eigenvalue weighted by atomic mass is 16.5. The molecule has 3 heteroatoms. The predicted octanol–water partition coefficient (Wildman–Crippen LogP) is 3.30. The molecule has 3 nitrogen and oxygen atoms in total. The van der Waals surface area contributed by atoms with E-state index in [4.69, 9.17) is 4.74 Å². The van der Waals surface area contributed by atoms with Crippen LogP contribution in [0.25, 0.3) is 0 Å². The quantitative estimate of drug-likeness (QED) is 0.795. The van der Waals surface area contributed by atoms with E-state index in [0.717, 1.165) is 30.8 Å². The Morgan fingerprint density at radius 2 is 2.00 bits per heavy atom. The number of ether oxygens (including phenoxy) is 1. The molecule has 1 aliphatic carbocycles. The second-order valence-corrected chi connectivity index (χ2v) is 6.23. The second kappa shape index (κ2) is 8.40. The van der Waals surface area contributed by atoms with E-state index >= 15 is 0 Å². The van der Waals surface area contributed by atoms with Crippen LogP contribution in [0.1, 0.15) is 38.2 Å². The van der Waals surface area contributed by atoms with Gasteiger partial charge >= 0.3 is 0 Å². The van der Waals surface area contributed by atoms with E-state index in [-0.39, 0.29) is 0 Å². The fourth-order valence-corrected chi connectivity index (χ4v) is 3.42. The molecule has 0 spiro atoms. The van der Waals surface area contributed by atoms with Crippen LogP contribution in [0.15, 0.2) is 24.3 Å². The molecule has 21 heavy (non-hydrogen) atoms. The van der Waals surface area contributed by atoms with Crippen molar-refractivity contribution in [1.82, 2.24) is 10.2 Å². The maximum Gasteiger partial charge on any atom is 0.118 e. The van der Waals surface area contributed by atoms with E-state index in [1.807, 2.05) is 12.1 Å². The van der Waals surface area contributed by atoms with Crippen molar-refractivity contribution in [3.05, 3.63) is 29.8 Å². The highest BCUT2D eigenvalue weighted by molar-refractivity contribution is 5.27. The SMILES string of the molecule is CCNC1CCCC1CCN(C)Cc1ccc(OC)cc1. The first-order valence-corrected chi connectivity index (χ1v) is 8.27. The molecule has 1 aromatic carbocycles. The van der Waals surface area contributed by atoms with Gasteiger partial charge < -0.3 is 15.0 Å². The summed E-state index contributed by atoms with van der Waals surface area (Å²) in [7, 11) is 3.94. The summed E-state index contributed by atoms with van der Waals surface area (Å²) in [6, 6.07) is 9.16. The van der Waals surface area contributed by atoms with Gasteiger partial charge in [-0.25, -0.2) is 0 Å². The van der Waals surface area contributed by atoms with E-state index < -0.39 is 0 Å². The molecule has 2 atom stereocenters. The molecule has 118 valence electrons. The first-order valence-electron chi connectivity index (χ1n) is 8.27. The van der Waals surface area contributed by atoms with E-state index in [1.54, 1.807) is 7.11 Å². The molecule has 0 saturated heterocycles. The van der Waals surface area contributed by atoms with Crippen molar-refractivity contribution in [1.29, 1.82) is 0 Å². The Labute approximate surface area is 129 Å². The van der Waals surface area contributed by atoms with Crippen LogP contribution in [0.2, 0.25) is 0 Å². The molecule has 1 N–H and O–H groups in total. The number of hydrogen-bond acceptors (Lipinski definition) is 3. The molecule has 0 heterocycles. The summed E-state index contributed by atoms with van der Waals surface area (Å²) in [4.78, 5) is 2.43. The van der Waals surface area contributed by atoms with Crippen LogP contribution in [-0.4, -0.2) is 38.2 Å². The van der Waals surface area contributed by atoms with Crippen molar-refractivity contribution in [3.8, 4) is 5.75 Å². The van der Waals surface area contributed by atoms with Gasteiger partial charge in [-0.05, 0) is 63.0 Å². The van der Waals surface area contributed by atoms with Gasteiger partial charge in [0.1, 0.15) is 5.75 Å². The van der Waals surface area contributed by atoms with Crippen LogP contribution >= 0.6 is 0 Å². The van der Waals surface area contributed by atoms with Gasteiger partial charge in [0.15, 0.2) is 0 Å². The van der Waals surface area contributed by atoms with Crippen LogP contribution < -0.4 is 10.1 Å². The highest BCUT2D eigenvalue weighted by Gasteiger charge is 2.26. The molecule has 1 aromatic rings. The van der Waals surface area contributed by atoms with Crippen LogP contribution in [0, 0.1) is 5.92 Å². The van der Waals surface area contributed by atoms with Crippen LogP contribution in [0.3, 0.4) is 0 Å². The van der Waals surface area contributed by atoms with Crippen molar-refractivity contribution in [2.24, 2.45) is 5.92 Å². The standard InChI is InChI=1S/C18H30N2O/c1-4-19-18-7-5-6-16(18)12-13-20(2)14-15-8-10-17(21-3)11-9-15/h8-11,16,18-19H,4-7,12-14H2,1-3H3. The number of rotatable bonds is 8. The fourth-order valence-electron chi connectivity index (χ4n) is 3.42. The van der Waals surface area contributed by atoms with Crippen molar-refractivity contribution in [2.45, 2.75) is 45.2 Å². The Kier molecular flexibility index (Phi) is 6.52. The largest absolute Gasteiger partial charge is 0.497 e. The van der Waals surface area contributed by atoms with E-state index in [2.05, 4.69) is 36.3 Å². The van der Waals surface area contributed by atoms with Crippen molar-refractivity contribution >= 4 is 0 Å². The molecule has 0 radical (unpaired) electrons. The van der Waals surface area contributed by atoms with Crippen molar-refractivity contribution in [2.75, 3.05) is 27.2 Å².